The predicted octanol–water partition coefficient (Wildman–Crippen LogP) is 13.4. The van der Waals surface area contributed by atoms with Crippen LogP contribution >= 0.6 is 0 Å². The Morgan fingerprint density at radius 1 is 0.423 bits per heavy atom. The molecule has 0 aliphatic carbocycles. The maximum absolute atomic E-state index is 12.7. The Bertz CT molecular complexity index is 975. The highest BCUT2D eigenvalue weighted by molar-refractivity contribution is 5.71. The Morgan fingerprint density at radius 2 is 0.846 bits per heavy atom. The molecule has 0 N–H and O–H groups in total. The number of rotatable bonds is 37. The zero-order chi connectivity index (χ0) is 38.0. The molecule has 0 saturated carbocycles. The maximum atomic E-state index is 12.7. The monoisotopic (exact) mass is 727 g/mol. The Kier molecular flexibility index (Phi) is 38.6. The van der Waals surface area contributed by atoms with Gasteiger partial charge in [-0.15, -0.1) is 0 Å². The first-order valence-electron chi connectivity index (χ1n) is 21.3. The lowest BCUT2D eigenvalue weighted by atomic mass is 10.1. The van der Waals surface area contributed by atoms with Crippen molar-refractivity contribution in [1.82, 2.24) is 0 Å². The Balaban J connectivity index is 4.43. The zero-order valence-corrected chi connectivity index (χ0v) is 33.8. The fraction of sp³-hybridized carbons (Fsp3) is 0.717. The van der Waals surface area contributed by atoms with Crippen LogP contribution in [0.25, 0.3) is 0 Å². The zero-order valence-electron chi connectivity index (χ0n) is 33.8. The van der Waals surface area contributed by atoms with Crippen molar-refractivity contribution in [3.05, 3.63) is 60.8 Å². The number of esters is 3. The Hall–Kier alpha value is -2.89. The van der Waals surface area contributed by atoms with E-state index in [0.29, 0.717) is 19.3 Å². The third-order valence-corrected chi connectivity index (χ3v) is 8.83. The third kappa shape index (κ3) is 38.3. The number of hydrogen-bond acceptors (Lipinski definition) is 6. The molecule has 6 nitrogen and oxygen atoms in total. The molecule has 0 spiro atoms. The third-order valence-electron chi connectivity index (χ3n) is 8.83. The Labute approximate surface area is 320 Å². The van der Waals surface area contributed by atoms with E-state index in [4.69, 9.17) is 14.2 Å². The van der Waals surface area contributed by atoms with Gasteiger partial charge in [0.1, 0.15) is 13.2 Å². The molecule has 0 heterocycles. The number of hydrogen-bond donors (Lipinski definition) is 0. The van der Waals surface area contributed by atoms with Gasteiger partial charge in [-0.05, 0) is 64.2 Å². The fourth-order valence-corrected chi connectivity index (χ4v) is 5.65. The first kappa shape index (κ1) is 49.1. The average Bonchev–Trinajstić information content (AvgIpc) is 3.14. The smallest absolute Gasteiger partial charge is 0.306 e. The number of allylic oxidation sites excluding steroid dienone is 10. The van der Waals surface area contributed by atoms with Crippen LogP contribution < -0.4 is 0 Å². The highest BCUT2D eigenvalue weighted by Gasteiger charge is 2.19. The molecule has 1 atom stereocenters. The van der Waals surface area contributed by atoms with Crippen LogP contribution in [0.1, 0.15) is 194 Å². The van der Waals surface area contributed by atoms with E-state index in [-0.39, 0.29) is 31.1 Å². The summed E-state index contributed by atoms with van der Waals surface area (Å²) >= 11 is 0. The van der Waals surface area contributed by atoms with Gasteiger partial charge in [-0.2, -0.15) is 0 Å². The van der Waals surface area contributed by atoms with Crippen LogP contribution in [-0.4, -0.2) is 37.2 Å². The molecule has 0 aromatic heterocycles. The molecule has 6 heteroatoms. The summed E-state index contributed by atoms with van der Waals surface area (Å²) in [7, 11) is 0. The van der Waals surface area contributed by atoms with Crippen molar-refractivity contribution in [1.29, 1.82) is 0 Å². The summed E-state index contributed by atoms with van der Waals surface area (Å²) in [4.78, 5) is 37.6. The maximum Gasteiger partial charge on any atom is 0.306 e. The second-order valence-corrected chi connectivity index (χ2v) is 13.9. The molecule has 0 aromatic rings. The quantitative estimate of drug-likeness (QED) is 0.0208. The van der Waals surface area contributed by atoms with Crippen LogP contribution in [0.5, 0.6) is 0 Å². The minimum Gasteiger partial charge on any atom is -0.462 e. The van der Waals surface area contributed by atoms with Crippen molar-refractivity contribution in [2.45, 2.75) is 200 Å². The van der Waals surface area contributed by atoms with E-state index in [1.807, 2.05) is 0 Å². The Morgan fingerprint density at radius 3 is 1.37 bits per heavy atom. The number of carbonyl (C=O) groups is 3. The van der Waals surface area contributed by atoms with E-state index in [1.165, 1.54) is 38.5 Å². The summed E-state index contributed by atoms with van der Waals surface area (Å²) in [6.07, 6.45) is 47.8. The fourth-order valence-electron chi connectivity index (χ4n) is 5.65. The molecule has 0 bridgehead atoms. The summed E-state index contributed by atoms with van der Waals surface area (Å²) in [6.45, 7) is 6.32. The molecular formula is C46H78O6. The lowest BCUT2D eigenvalue weighted by Crippen LogP contribution is -2.30. The second-order valence-electron chi connectivity index (χ2n) is 13.9. The van der Waals surface area contributed by atoms with Gasteiger partial charge in [-0.3, -0.25) is 14.4 Å². The van der Waals surface area contributed by atoms with Gasteiger partial charge in [-0.1, -0.05) is 171 Å². The van der Waals surface area contributed by atoms with Gasteiger partial charge >= 0.3 is 17.9 Å². The van der Waals surface area contributed by atoms with Gasteiger partial charge < -0.3 is 14.2 Å². The highest BCUT2D eigenvalue weighted by Crippen LogP contribution is 2.13. The lowest BCUT2D eigenvalue weighted by Gasteiger charge is -2.18. The molecule has 0 saturated heterocycles. The number of carbonyl (C=O) groups excluding carboxylic acids is 3. The summed E-state index contributed by atoms with van der Waals surface area (Å²) in [6, 6.07) is 0. The van der Waals surface area contributed by atoms with Gasteiger partial charge in [0.05, 0.1) is 0 Å². The largest absolute Gasteiger partial charge is 0.462 e. The van der Waals surface area contributed by atoms with Crippen LogP contribution in [0.4, 0.5) is 0 Å². The van der Waals surface area contributed by atoms with Gasteiger partial charge in [0.2, 0.25) is 0 Å². The molecule has 0 fully saturated rings. The van der Waals surface area contributed by atoms with E-state index in [1.54, 1.807) is 0 Å². The van der Waals surface area contributed by atoms with Crippen LogP contribution in [0, 0.1) is 0 Å². The molecule has 298 valence electrons. The van der Waals surface area contributed by atoms with Crippen LogP contribution in [0.15, 0.2) is 60.8 Å². The lowest BCUT2D eigenvalue weighted by molar-refractivity contribution is -0.167. The summed E-state index contributed by atoms with van der Waals surface area (Å²) < 4.78 is 16.6. The van der Waals surface area contributed by atoms with E-state index in [0.717, 1.165) is 116 Å². The second kappa shape index (κ2) is 40.9. The van der Waals surface area contributed by atoms with Crippen molar-refractivity contribution in [2.24, 2.45) is 0 Å². The van der Waals surface area contributed by atoms with Crippen molar-refractivity contribution >= 4 is 17.9 Å². The molecular weight excluding hydrogens is 648 g/mol. The van der Waals surface area contributed by atoms with Gasteiger partial charge in [-0.25, -0.2) is 0 Å². The number of unbranched alkanes of at least 4 members (excludes halogenated alkanes) is 18. The van der Waals surface area contributed by atoms with Crippen LogP contribution in [0.3, 0.4) is 0 Å². The van der Waals surface area contributed by atoms with Crippen LogP contribution in [-0.2, 0) is 28.6 Å². The van der Waals surface area contributed by atoms with Crippen molar-refractivity contribution < 1.29 is 28.6 Å². The predicted molar refractivity (Wildman–Crippen MR) is 219 cm³/mol. The average molecular weight is 727 g/mol. The minimum absolute atomic E-state index is 0.0866. The molecule has 0 amide bonds. The molecule has 0 aromatic carbocycles. The topological polar surface area (TPSA) is 78.9 Å². The highest BCUT2D eigenvalue weighted by atomic mass is 16.6. The van der Waals surface area contributed by atoms with E-state index < -0.39 is 6.10 Å². The van der Waals surface area contributed by atoms with Gasteiger partial charge in [0, 0.05) is 19.3 Å². The minimum atomic E-state index is -0.784. The van der Waals surface area contributed by atoms with E-state index in [2.05, 4.69) is 81.5 Å². The molecule has 0 aliphatic heterocycles. The van der Waals surface area contributed by atoms with E-state index in [9.17, 15) is 14.4 Å². The van der Waals surface area contributed by atoms with Crippen LogP contribution in [0.2, 0.25) is 0 Å². The van der Waals surface area contributed by atoms with Gasteiger partial charge in [0.15, 0.2) is 6.10 Å². The van der Waals surface area contributed by atoms with Crippen molar-refractivity contribution in [2.75, 3.05) is 13.2 Å². The normalized spacial score (nSPS) is 12.6. The molecule has 1 unspecified atom stereocenters. The number of ether oxygens (including phenoxy) is 3. The molecule has 52 heavy (non-hydrogen) atoms. The molecule has 0 radical (unpaired) electrons. The molecule has 0 rings (SSSR count). The van der Waals surface area contributed by atoms with Crippen molar-refractivity contribution in [3.8, 4) is 0 Å². The first-order chi connectivity index (χ1) is 25.5. The van der Waals surface area contributed by atoms with E-state index >= 15 is 0 Å². The SMILES string of the molecule is CC\C=C/C=C\C=C/CCCCCCCC(=O)OCC(COC(=O)CCCCCCCCCCC)OC(=O)CCCCCCC/C=C\C/C=C\CC. The standard InChI is InChI=1S/C46H78O6/c1-4-7-10-13-16-19-21-23-25-27-30-33-36-39-45(48)51-42-43(41-50-44(47)38-35-32-29-26-18-15-12-9-6-3)52-46(49)40-37-34-31-28-24-22-20-17-14-11-8-5-2/h7-8,10-11,13,16-17,19-21,43H,4-6,9,12,14-15,18,22-42H2,1-3H3/b10-7-,11-8-,16-13-,20-17-,21-19-. The van der Waals surface area contributed by atoms with Crippen molar-refractivity contribution in [3.63, 3.8) is 0 Å². The first-order valence-corrected chi connectivity index (χ1v) is 21.3. The summed E-state index contributed by atoms with van der Waals surface area (Å²) in [5, 5.41) is 0. The van der Waals surface area contributed by atoms with Gasteiger partial charge in [0.25, 0.3) is 0 Å². The summed E-state index contributed by atoms with van der Waals surface area (Å²) in [5.74, 6) is -0.932. The molecule has 0 aliphatic rings. The summed E-state index contributed by atoms with van der Waals surface area (Å²) in [5.41, 5.74) is 0.